The summed E-state index contributed by atoms with van der Waals surface area (Å²) in [5.74, 6) is 1.14. The van der Waals surface area contributed by atoms with Gasteiger partial charge in [-0.3, -0.25) is 4.79 Å². The summed E-state index contributed by atoms with van der Waals surface area (Å²) in [5.41, 5.74) is 2.51. The topological polar surface area (TPSA) is 66.0 Å². The number of hydrogen-bond acceptors (Lipinski definition) is 3. The molecule has 0 aromatic heterocycles. The second-order valence-electron chi connectivity index (χ2n) is 8.56. The van der Waals surface area contributed by atoms with Crippen LogP contribution < -0.4 is 10.6 Å². The number of carbonyl (C=O) groups is 1. The minimum Gasteiger partial charge on any atom is -0.373 e. The van der Waals surface area contributed by atoms with E-state index < -0.39 is 0 Å². The van der Waals surface area contributed by atoms with Gasteiger partial charge in [-0.2, -0.15) is 0 Å². The van der Waals surface area contributed by atoms with E-state index in [2.05, 4.69) is 46.8 Å². The van der Waals surface area contributed by atoms with Crippen LogP contribution in [0.1, 0.15) is 55.8 Å². The SMILES string of the molecule is Cc1ccc(C2OCCCC2CNC(=NCC(=O)N(C)C)NC2CCCC2)cc1. The lowest BCUT2D eigenvalue weighted by Gasteiger charge is -2.33. The van der Waals surface area contributed by atoms with E-state index >= 15 is 0 Å². The molecular formula is C23H36N4O2. The van der Waals surface area contributed by atoms with Crippen LogP contribution in [0.3, 0.4) is 0 Å². The normalized spacial score (nSPS) is 23.1. The molecule has 2 fully saturated rings. The molecule has 1 saturated carbocycles. The maximum absolute atomic E-state index is 12.0. The van der Waals surface area contributed by atoms with Gasteiger partial charge in [-0.15, -0.1) is 0 Å². The lowest BCUT2D eigenvalue weighted by atomic mass is 9.89. The Labute approximate surface area is 175 Å². The van der Waals surface area contributed by atoms with Crippen LogP contribution in [-0.4, -0.2) is 56.6 Å². The average Bonchev–Trinajstić information content (AvgIpc) is 3.23. The molecular weight excluding hydrogens is 364 g/mol. The fourth-order valence-corrected chi connectivity index (χ4v) is 4.11. The van der Waals surface area contributed by atoms with Gasteiger partial charge in [-0.25, -0.2) is 4.99 Å². The van der Waals surface area contributed by atoms with Crippen molar-refractivity contribution < 1.29 is 9.53 Å². The summed E-state index contributed by atoms with van der Waals surface area (Å²) < 4.78 is 6.15. The Morgan fingerprint density at radius 2 is 1.86 bits per heavy atom. The van der Waals surface area contributed by atoms with Crippen molar-refractivity contribution in [2.45, 2.75) is 57.6 Å². The van der Waals surface area contributed by atoms with E-state index in [9.17, 15) is 4.79 Å². The number of benzene rings is 1. The number of nitrogens with one attached hydrogen (secondary N) is 2. The van der Waals surface area contributed by atoms with Gasteiger partial charge in [-0.1, -0.05) is 42.7 Å². The highest BCUT2D eigenvalue weighted by Gasteiger charge is 2.28. The molecule has 3 rings (SSSR count). The Kier molecular flexibility index (Phi) is 7.92. The van der Waals surface area contributed by atoms with E-state index in [1.165, 1.54) is 36.8 Å². The Morgan fingerprint density at radius 1 is 1.14 bits per heavy atom. The zero-order valence-corrected chi connectivity index (χ0v) is 18.1. The third-order valence-corrected chi connectivity index (χ3v) is 5.95. The van der Waals surface area contributed by atoms with Crippen molar-refractivity contribution >= 4 is 11.9 Å². The summed E-state index contributed by atoms with van der Waals surface area (Å²) >= 11 is 0. The van der Waals surface area contributed by atoms with E-state index in [-0.39, 0.29) is 18.6 Å². The number of aliphatic imine (C=N–C) groups is 1. The van der Waals surface area contributed by atoms with Crippen molar-refractivity contribution in [2.24, 2.45) is 10.9 Å². The van der Waals surface area contributed by atoms with E-state index in [4.69, 9.17) is 4.74 Å². The fourth-order valence-electron chi connectivity index (χ4n) is 4.11. The van der Waals surface area contributed by atoms with Crippen LogP contribution in [0.5, 0.6) is 0 Å². The predicted molar refractivity (Wildman–Crippen MR) is 117 cm³/mol. The zero-order chi connectivity index (χ0) is 20.6. The van der Waals surface area contributed by atoms with Gasteiger partial charge in [0.15, 0.2) is 5.96 Å². The predicted octanol–water partition coefficient (Wildman–Crippen LogP) is 3.03. The quantitative estimate of drug-likeness (QED) is 0.569. The molecule has 1 heterocycles. The highest BCUT2D eigenvalue weighted by molar-refractivity contribution is 5.85. The van der Waals surface area contributed by atoms with Crippen molar-refractivity contribution in [1.82, 2.24) is 15.5 Å². The molecule has 0 radical (unpaired) electrons. The maximum atomic E-state index is 12.0. The number of nitrogens with zero attached hydrogens (tertiary/aromatic N) is 2. The summed E-state index contributed by atoms with van der Waals surface area (Å²) in [4.78, 5) is 18.1. The molecule has 2 atom stereocenters. The number of carbonyl (C=O) groups excluding carboxylic acids is 1. The van der Waals surface area contributed by atoms with Crippen molar-refractivity contribution in [3.8, 4) is 0 Å². The molecule has 1 aliphatic carbocycles. The Bertz CT molecular complexity index is 681. The Balaban J connectivity index is 1.64. The molecule has 6 heteroatoms. The summed E-state index contributed by atoms with van der Waals surface area (Å²) in [7, 11) is 3.53. The van der Waals surface area contributed by atoms with Crippen LogP contribution in [0, 0.1) is 12.8 Å². The molecule has 1 aromatic carbocycles. The third-order valence-electron chi connectivity index (χ3n) is 5.95. The molecule has 0 spiro atoms. The summed E-state index contributed by atoms with van der Waals surface area (Å²) in [6.45, 7) is 3.87. The monoisotopic (exact) mass is 400 g/mol. The summed E-state index contributed by atoms with van der Waals surface area (Å²) in [6, 6.07) is 9.11. The zero-order valence-electron chi connectivity index (χ0n) is 18.1. The minimum absolute atomic E-state index is 0.0102. The van der Waals surface area contributed by atoms with Crippen LogP contribution in [0.2, 0.25) is 0 Å². The third kappa shape index (κ3) is 6.46. The van der Waals surface area contributed by atoms with Gasteiger partial charge in [-0.05, 0) is 38.2 Å². The van der Waals surface area contributed by atoms with Gasteiger partial charge >= 0.3 is 0 Å². The van der Waals surface area contributed by atoms with Gasteiger partial charge in [0.25, 0.3) is 0 Å². The van der Waals surface area contributed by atoms with E-state index in [0.29, 0.717) is 12.0 Å². The van der Waals surface area contributed by atoms with Crippen LogP contribution in [0.25, 0.3) is 0 Å². The van der Waals surface area contributed by atoms with E-state index in [1.54, 1.807) is 19.0 Å². The summed E-state index contributed by atoms with van der Waals surface area (Å²) in [6.07, 6.45) is 7.16. The first-order chi connectivity index (χ1) is 14.0. The molecule has 6 nitrogen and oxygen atoms in total. The Hall–Kier alpha value is -2.08. The number of ether oxygens (including phenoxy) is 1. The van der Waals surface area contributed by atoms with E-state index in [0.717, 1.165) is 32.0 Å². The first-order valence-electron chi connectivity index (χ1n) is 11.0. The van der Waals surface area contributed by atoms with Crippen LogP contribution in [0.15, 0.2) is 29.3 Å². The summed E-state index contributed by atoms with van der Waals surface area (Å²) in [5, 5.41) is 7.05. The molecule has 160 valence electrons. The number of hydrogen-bond donors (Lipinski definition) is 2. The minimum atomic E-state index is 0.0102. The number of likely N-dealkylation sites (N-methyl/N-ethyl adjacent to an activating group) is 1. The number of aryl methyl sites for hydroxylation is 1. The van der Waals surface area contributed by atoms with Crippen molar-refractivity contribution in [3.05, 3.63) is 35.4 Å². The van der Waals surface area contributed by atoms with Crippen LogP contribution >= 0.6 is 0 Å². The Morgan fingerprint density at radius 3 is 2.55 bits per heavy atom. The van der Waals surface area contributed by atoms with Gasteiger partial charge in [0, 0.05) is 39.2 Å². The maximum Gasteiger partial charge on any atom is 0.243 e. The smallest absolute Gasteiger partial charge is 0.243 e. The number of guanidine groups is 1. The molecule has 29 heavy (non-hydrogen) atoms. The second-order valence-corrected chi connectivity index (χ2v) is 8.56. The largest absolute Gasteiger partial charge is 0.373 e. The first-order valence-corrected chi connectivity index (χ1v) is 11.0. The molecule has 2 aliphatic rings. The van der Waals surface area contributed by atoms with Crippen LogP contribution in [-0.2, 0) is 9.53 Å². The number of amides is 1. The molecule has 2 N–H and O–H groups in total. The first kappa shape index (κ1) is 21.6. The average molecular weight is 401 g/mol. The van der Waals surface area contributed by atoms with Crippen LogP contribution in [0.4, 0.5) is 0 Å². The van der Waals surface area contributed by atoms with Crippen molar-refractivity contribution in [3.63, 3.8) is 0 Å². The lowest BCUT2D eigenvalue weighted by Crippen LogP contribution is -2.45. The second kappa shape index (κ2) is 10.6. The van der Waals surface area contributed by atoms with Gasteiger partial charge in [0.05, 0.1) is 6.10 Å². The molecule has 0 bridgehead atoms. The molecule has 1 amide bonds. The van der Waals surface area contributed by atoms with Crippen molar-refractivity contribution in [2.75, 3.05) is 33.8 Å². The molecule has 1 aliphatic heterocycles. The lowest BCUT2D eigenvalue weighted by molar-refractivity contribution is -0.127. The van der Waals surface area contributed by atoms with Crippen molar-refractivity contribution in [1.29, 1.82) is 0 Å². The fraction of sp³-hybridized carbons (Fsp3) is 0.652. The van der Waals surface area contributed by atoms with E-state index in [1.807, 2.05) is 0 Å². The number of rotatable bonds is 6. The van der Waals surface area contributed by atoms with Gasteiger partial charge in [0.1, 0.15) is 6.54 Å². The highest BCUT2D eigenvalue weighted by Crippen LogP contribution is 2.33. The molecule has 2 unspecified atom stereocenters. The highest BCUT2D eigenvalue weighted by atomic mass is 16.5. The molecule has 1 aromatic rings. The molecule has 1 saturated heterocycles. The van der Waals surface area contributed by atoms with Gasteiger partial charge in [0.2, 0.25) is 5.91 Å². The standard InChI is InChI=1S/C23H36N4O2/c1-17-10-12-18(13-11-17)22-19(7-6-14-29-22)15-24-23(25-16-21(28)27(2)3)26-20-8-4-5-9-20/h10-13,19-20,22H,4-9,14-16H2,1-3H3,(H2,24,25,26). The van der Waals surface area contributed by atoms with Gasteiger partial charge < -0.3 is 20.3 Å².